The molecule has 0 radical (unpaired) electrons. The third-order valence-electron chi connectivity index (χ3n) is 13.2. The first-order valence-corrected chi connectivity index (χ1v) is 27.0. The highest BCUT2D eigenvalue weighted by molar-refractivity contribution is 7.99. The van der Waals surface area contributed by atoms with Gasteiger partial charge in [0.2, 0.25) is 0 Å². The van der Waals surface area contributed by atoms with Crippen molar-refractivity contribution < 1.29 is 4.74 Å². The summed E-state index contributed by atoms with van der Waals surface area (Å²) in [5.41, 5.74) is 0. The van der Waals surface area contributed by atoms with Crippen LogP contribution < -0.4 is 10.6 Å². The number of nitrogens with one attached hydrogen (secondary N) is 2. The topological polar surface area (TPSA) is 56.0 Å². The lowest BCUT2D eigenvalue weighted by Gasteiger charge is -2.34. The van der Waals surface area contributed by atoms with Crippen molar-refractivity contribution in [1.29, 1.82) is 0 Å². The minimum absolute atomic E-state index is 0. The van der Waals surface area contributed by atoms with Gasteiger partial charge in [0.25, 0.3) is 0 Å². The lowest BCUT2D eigenvalue weighted by molar-refractivity contribution is 0.0238. The van der Waals surface area contributed by atoms with Crippen molar-refractivity contribution in [2.75, 3.05) is 143 Å². The van der Waals surface area contributed by atoms with Gasteiger partial charge in [-0.15, -0.1) is 0 Å². The Morgan fingerprint density at radius 2 is 0.522 bits per heavy atom. The molecule has 430 valence electrons. The van der Waals surface area contributed by atoms with E-state index >= 15 is 0 Å². The molecule has 0 unspecified atom stereocenters. The smallest absolute Gasteiger partial charge is 0.0594 e. The molecule has 0 bridgehead atoms. The Balaban J connectivity index is -0.000000103. The molecule has 0 aromatic heterocycles. The van der Waals surface area contributed by atoms with Gasteiger partial charge in [0.15, 0.2) is 0 Å². The molecule has 10 nitrogen and oxygen atoms in total. The SMILES string of the molecule is C.C.C.C.C.C.C.C.CC(C)N1CCC1.CC(C)N1CCCC1.CC(C)N1CCCCC1.CC(C)N1CCCNCC1.CC(C)N1CCNCC1.CC(C)N1CCOCC1.CC(C)N1CCSCC1. The Morgan fingerprint density at radius 3 is 0.797 bits per heavy atom. The molecule has 7 aliphatic heterocycles. The van der Waals surface area contributed by atoms with Crippen molar-refractivity contribution in [3.63, 3.8) is 0 Å². The van der Waals surface area contributed by atoms with Gasteiger partial charge >= 0.3 is 0 Å². The van der Waals surface area contributed by atoms with E-state index in [2.05, 4.69) is 154 Å². The zero-order chi connectivity index (χ0) is 45.4. The van der Waals surface area contributed by atoms with E-state index in [0.29, 0.717) is 6.04 Å². The molecule has 0 aliphatic carbocycles. The summed E-state index contributed by atoms with van der Waals surface area (Å²) in [6.07, 6.45) is 9.83. The lowest BCUT2D eigenvalue weighted by atomic mass is 10.1. The van der Waals surface area contributed by atoms with E-state index in [4.69, 9.17) is 4.74 Å². The first-order valence-electron chi connectivity index (χ1n) is 25.9. The van der Waals surface area contributed by atoms with Crippen LogP contribution in [0.1, 0.15) is 201 Å². The highest BCUT2D eigenvalue weighted by atomic mass is 32.2. The predicted molar refractivity (Wildman–Crippen MR) is 327 cm³/mol. The summed E-state index contributed by atoms with van der Waals surface area (Å²) in [5.74, 6) is 2.66. The number of likely N-dealkylation sites (tertiary alicyclic amines) is 3. The third-order valence-corrected chi connectivity index (χ3v) is 14.1. The van der Waals surface area contributed by atoms with E-state index in [1.165, 1.54) is 142 Å². The predicted octanol–water partition coefficient (Wildman–Crippen LogP) is 12.7. The van der Waals surface area contributed by atoms with Crippen LogP contribution in [0.5, 0.6) is 0 Å². The molecule has 69 heavy (non-hydrogen) atoms. The van der Waals surface area contributed by atoms with Crippen LogP contribution in [-0.2, 0) is 4.74 Å². The minimum atomic E-state index is 0. The van der Waals surface area contributed by atoms with Gasteiger partial charge in [-0.05, 0) is 188 Å². The van der Waals surface area contributed by atoms with Gasteiger partial charge in [-0.3, -0.25) is 19.6 Å². The molecule has 0 aromatic carbocycles. The van der Waals surface area contributed by atoms with Gasteiger partial charge < -0.3 is 30.1 Å². The van der Waals surface area contributed by atoms with Crippen molar-refractivity contribution in [2.45, 2.75) is 244 Å². The number of piperazine rings is 1. The first-order chi connectivity index (χ1) is 29.1. The van der Waals surface area contributed by atoms with Crippen LogP contribution in [0.2, 0.25) is 0 Å². The zero-order valence-electron chi connectivity index (χ0n) is 43.5. The number of rotatable bonds is 7. The Morgan fingerprint density at radius 1 is 0.275 bits per heavy atom. The fourth-order valence-corrected chi connectivity index (χ4v) is 9.25. The quantitative estimate of drug-likeness (QED) is 0.256. The summed E-state index contributed by atoms with van der Waals surface area (Å²) in [5, 5.41) is 6.72. The molecule has 7 heterocycles. The maximum absolute atomic E-state index is 5.21. The van der Waals surface area contributed by atoms with Crippen LogP contribution in [0, 0.1) is 0 Å². The Hall–Kier alpha value is -0.0500. The fourth-order valence-electron chi connectivity index (χ4n) is 8.32. The van der Waals surface area contributed by atoms with E-state index in [9.17, 15) is 0 Å². The number of hydrogen-bond donors (Lipinski definition) is 2. The highest BCUT2D eigenvalue weighted by Crippen LogP contribution is 2.13. The molecule has 2 N–H and O–H groups in total. The molecule has 7 rings (SSSR count). The average molecular weight is 1010 g/mol. The Labute approximate surface area is 445 Å². The van der Waals surface area contributed by atoms with Gasteiger partial charge in [0, 0.05) is 119 Å². The van der Waals surface area contributed by atoms with Crippen molar-refractivity contribution >= 4 is 11.8 Å². The summed E-state index contributed by atoms with van der Waals surface area (Å²) >= 11 is 2.07. The summed E-state index contributed by atoms with van der Waals surface area (Å²) in [6, 6.07) is 5.23. The second-order valence-corrected chi connectivity index (χ2v) is 21.3. The van der Waals surface area contributed by atoms with Crippen LogP contribution in [0.15, 0.2) is 0 Å². The van der Waals surface area contributed by atoms with Gasteiger partial charge in [-0.2, -0.15) is 11.8 Å². The molecule has 11 heteroatoms. The maximum atomic E-state index is 5.21. The Kier molecular flexibility index (Phi) is 67.3. The molecule has 0 amide bonds. The molecule has 0 saturated carbocycles. The molecule has 0 spiro atoms. The monoisotopic (exact) mass is 1010 g/mol. The molecule has 7 aliphatic rings. The molecule has 0 aromatic rings. The van der Waals surface area contributed by atoms with E-state index in [-0.39, 0.29) is 59.4 Å². The van der Waals surface area contributed by atoms with Crippen LogP contribution in [0.4, 0.5) is 0 Å². The van der Waals surface area contributed by atoms with Crippen LogP contribution in [0.3, 0.4) is 0 Å². The average Bonchev–Trinajstić information content (AvgIpc) is 3.66. The number of thioether (sulfide) groups is 1. The molecule has 0 atom stereocenters. The normalized spacial score (nSPS) is 20.3. The van der Waals surface area contributed by atoms with E-state index < -0.39 is 0 Å². The van der Waals surface area contributed by atoms with Gasteiger partial charge in [0.05, 0.1) is 13.2 Å². The standard InChI is InChI=1S/C8H18N2.C8H17N.C7H16N2.C7H15NO.C7H15NS.C7H15N.C6H13N.8CH4/c1-8(2)10-6-3-4-9-5-7-10;1-8(2)9-6-4-3-5-7-9;1-7(2)9-5-3-8-4-6-9;2*1-7(2)8-3-5-9-6-4-8;1-7(2)8-5-3-4-6-8;1-6(2)7-4-3-5-7;;;;;;;;/h8-9H,3-7H2,1-2H3;8H,3-7H2,1-2H3;7-8H,3-6H2,1-2H3;2*7H,3-6H2,1-2H3;7H,3-6H2,1-2H3;6H,3-5H2,1-2H3;8*1H4. The number of nitrogens with zero attached hydrogens (tertiary/aromatic N) is 7. The van der Waals surface area contributed by atoms with Crippen LogP contribution >= 0.6 is 11.8 Å². The molecule has 7 fully saturated rings. The van der Waals surface area contributed by atoms with Crippen molar-refractivity contribution in [3.05, 3.63) is 0 Å². The summed E-state index contributed by atoms with van der Waals surface area (Å²) in [6.45, 7) is 55.9. The van der Waals surface area contributed by atoms with E-state index in [0.717, 1.165) is 82.2 Å². The highest BCUT2D eigenvalue weighted by Gasteiger charge is 2.17. The van der Waals surface area contributed by atoms with Crippen LogP contribution in [0.25, 0.3) is 0 Å². The van der Waals surface area contributed by atoms with Crippen molar-refractivity contribution in [3.8, 4) is 0 Å². The summed E-state index contributed by atoms with van der Waals surface area (Å²) < 4.78 is 5.21. The molecular weight excluding hydrogens is 871 g/mol. The molecular formula is C58H141N9OS. The summed E-state index contributed by atoms with van der Waals surface area (Å²) in [4.78, 5) is 17.6. The largest absolute Gasteiger partial charge is 0.379 e. The second kappa shape index (κ2) is 54.2. The van der Waals surface area contributed by atoms with Crippen molar-refractivity contribution in [2.24, 2.45) is 0 Å². The van der Waals surface area contributed by atoms with Gasteiger partial charge in [-0.1, -0.05) is 65.8 Å². The fraction of sp³-hybridized carbons (Fsp3) is 1.00. The lowest BCUT2D eigenvalue weighted by Crippen LogP contribution is -2.46. The van der Waals surface area contributed by atoms with Gasteiger partial charge in [0.1, 0.15) is 0 Å². The maximum Gasteiger partial charge on any atom is 0.0594 e. The minimum Gasteiger partial charge on any atom is -0.379 e. The van der Waals surface area contributed by atoms with Crippen LogP contribution in [-0.4, -0.2) is 219 Å². The number of hydrogen-bond acceptors (Lipinski definition) is 11. The van der Waals surface area contributed by atoms with E-state index in [1.807, 2.05) is 0 Å². The third kappa shape index (κ3) is 44.0. The summed E-state index contributed by atoms with van der Waals surface area (Å²) in [7, 11) is 0. The number of morpholine rings is 1. The second-order valence-electron chi connectivity index (χ2n) is 20.1. The number of piperidine rings is 1. The number of ether oxygens (including phenoxy) is 1. The molecule has 7 saturated heterocycles. The zero-order valence-corrected chi connectivity index (χ0v) is 44.3. The Bertz CT molecular complexity index is 844. The van der Waals surface area contributed by atoms with E-state index in [1.54, 1.807) is 0 Å². The van der Waals surface area contributed by atoms with Crippen molar-refractivity contribution in [1.82, 2.24) is 44.9 Å². The first kappa shape index (κ1) is 85.7. The van der Waals surface area contributed by atoms with Gasteiger partial charge in [-0.25, -0.2) is 0 Å².